The van der Waals surface area contributed by atoms with Crippen LogP contribution in [0, 0.1) is 0 Å². The quantitative estimate of drug-likeness (QED) is 0.818. The number of amides is 1. The Balaban J connectivity index is 1.48. The zero-order valence-corrected chi connectivity index (χ0v) is 13.4. The van der Waals surface area contributed by atoms with E-state index in [1.54, 1.807) is 16.7 Å². The number of rotatable bonds is 6. The van der Waals surface area contributed by atoms with Crippen LogP contribution in [0.15, 0.2) is 34.9 Å². The van der Waals surface area contributed by atoms with E-state index in [0.29, 0.717) is 11.6 Å². The maximum atomic E-state index is 11.8. The van der Waals surface area contributed by atoms with Gasteiger partial charge >= 0.3 is 0 Å². The van der Waals surface area contributed by atoms with Crippen LogP contribution in [0.4, 0.5) is 0 Å². The van der Waals surface area contributed by atoms with Crippen LogP contribution < -0.4 is 0 Å². The molecule has 1 aromatic heterocycles. The highest BCUT2D eigenvalue weighted by Crippen LogP contribution is 2.25. The predicted octanol–water partition coefficient (Wildman–Crippen LogP) is 2.32. The SMILES string of the molecule is CN1CCC(SCc2nc(CCc3ccccc3)no2)C1=O. The Bertz CT molecular complexity index is 629. The second-order valence-corrected chi connectivity index (χ2v) is 6.63. The van der Waals surface area contributed by atoms with E-state index >= 15 is 0 Å². The maximum absolute atomic E-state index is 11.8. The van der Waals surface area contributed by atoms with Gasteiger partial charge in [-0.2, -0.15) is 4.98 Å². The van der Waals surface area contributed by atoms with Crippen LogP contribution in [-0.2, 0) is 23.4 Å². The number of carbonyl (C=O) groups excluding carboxylic acids is 1. The molecule has 1 atom stereocenters. The summed E-state index contributed by atoms with van der Waals surface area (Å²) in [5.41, 5.74) is 1.27. The van der Waals surface area contributed by atoms with Crippen LogP contribution in [0.2, 0.25) is 0 Å². The Labute approximate surface area is 134 Å². The summed E-state index contributed by atoms with van der Waals surface area (Å²) in [6, 6.07) is 10.3. The van der Waals surface area contributed by atoms with E-state index in [9.17, 15) is 4.79 Å². The first-order valence-corrected chi connectivity index (χ1v) is 8.49. The van der Waals surface area contributed by atoms with E-state index < -0.39 is 0 Å². The predicted molar refractivity (Wildman–Crippen MR) is 85.5 cm³/mol. The lowest BCUT2D eigenvalue weighted by atomic mass is 10.1. The van der Waals surface area contributed by atoms with Gasteiger partial charge in [-0.05, 0) is 18.4 Å². The minimum Gasteiger partial charge on any atom is -0.345 e. The van der Waals surface area contributed by atoms with Crippen LogP contribution in [-0.4, -0.2) is 39.8 Å². The fourth-order valence-corrected chi connectivity index (χ4v) is 3.52. The zero-order valence-electron chi connectivity index (χ0n) is 12.6. The molecule has 1 amide bonds. The number of aromatic nitrogens is 2. The summed E-state index contributed by atoms with van der Waals surface area (Å²) in [6.07, 6.45) is 2.57. The van der Waals surface area contributed by atoms with Crippen LogP contribution in [0.1, 0.15) is 23.7 Å². The monoisotopic (exact) mass is 317 g/mol. The van der Waals surface area contributed by atoms with Crippen LogP contribution in [0.3, 0.4) is 0 Å². The minimum absolute atomic E-state index is 0.0321. The molecule has 1 saturated heterocycles. The molecular formula is C16H19N3O2S. The van der Waals surface area contributed by atoms with Gasteiger partial charge in [0.05, 0.1) is 11.0 Å². The van der Waals surface area contributed by atoms with Crippen molar-refractivity contribution in [1.29, 1.82) is 0 Å². The highest BCUT2D eigenvalue weighted by molar-refractivity contribution is 7.99. The Morgan fingerprint density at radius 1 is 1.32 bits per heavy atom. The number of thioether (sulfide) groups is 1. The summed E-state index contributed by atoms with van der Waals surface area (Å²) in [7, 11) is 1.84. The molecule has 1 aromatic carbocycles. The van der Waals surface area contributed by atoms with Crippen molar-refractivity contribution in [2.75, 3.05) is 13.6 Å². The summed E-state index contributed by atoms with van der Waals surface area (Å²) in [5, 5.41) is 4.05. The van der Waals surface area contributed by atoms with Gasteiger partial charge in [0, 0.05) is 20.0 Å². The van der Waals surface area contributed by atoms with Crippen LogP contribution in [0.25, 0.3) is 0 Å². The normalized spacial score (nSPS) is 18.1. The Hall–Kier alpha value is -1.82. The van der Waals surface area contributed by atoms with Gasteiger partial charge in [-0.25, -0.2) is 0 Å². The molecule has 0 bridgehead atoms. The number of aryl methyl sites for hydroxylation is 2. The lowest BCUT2D eigenvalue weighted by Gasteiger charge is -2.08. The summed E-state index contributed by atoms with van der Waals surface area (Å²) in [4.78, 5) is 18.0. The minimum atomic E-state index is 0.0321. The van der Waals surface area contributed by atoms with E-state index in [4.69, 9.17) is 4.52 Å². The number of likely N-dealkylation sites (tertiary alicyclic amines) is 1. The molecule has 116 valence electrons. The molecule has 1 aliphatic heterocycles. The second kappa shape index (κ2) is 6.96. The standard InChI is InChI=1S/C16H19N3O2S/c1-19-10-9-13(16(19)20)22-11-15-17-14(18-21-15)8-7-12-5-3-2-4-6-12/h2-6,13H,7-11H2,1H3. The average Bonchev–Trinajstić information content (AvgIpc) is 3.13. The van der Waals surface area contributed by atoms with Gasteiger partial charge in [0.1, 0.15) is 0 Å². The van der Waals surface area contributed by atoms with Crippen molar-refractivity contribution in [3.8, 4) is 0 Å². The van der Waals surface area contributed by atoms with Gasteiger partial charge in [0.2, 0.25) is 11.8 Å². The van der Waals surface area contributed by atoms with Crippen LogP contribution >= 0.6 is 11.8 Å². The fourth-order valence-electron chi connectivity index (χ4n) is 2.47. The van der Waals surface area contributed by atoms with Gasteiger partial charge in [0.25, 0.3) is 0 Å². The van der Waals surface area contributed by atoms with Crippen molar-refractivity contribution in [3.63, 3.8) is 0 Å². The van der Waals surface area contributed by atoms with Crippen LogP contribution in [0.5, 0.6) is 0 Å². The largest absolute Gasteiger partial charge is 0.345 e. The molecule has 0 N–H and O–H groups in total. The topological polar surface area (TPSA) is 59.2 Å². The molecule has 2 aromatic rings. The number of hydrogen-bond acceptors (Lipinski definition) is 5. The number of benzene rings is 1. The summed E-state index contributed by atoms with van der Waals surface area (Å²) in [6.45, 7) is 0.836. The molecule has 0 saturated carbocycles. The number of hydrogen-bond donors (Lipinski definition) is 0. The van der Waals surface area contributed by atoms with Gasteiger partial charge in [-0.3, -0.25) is 4.79 Å². The molecule has 5 nitrogen and oxygen atoms in total. The molecular weight excluding hydrogens is 298 g/mol. The molecule has 1 aliphatic rings. The van der Waals surface area contributed by atoms with Gasteiger partial charge in [0.15, 0.2) is 5.82 Å². The lowest BCUT2D eigenvalue weighted by Crippen LogP contribution is -2.23. The summed E-state index contributed by atoms with van der Waals surface area (Å²) in [5.74, 6) is 2.14. The smallest absolute Gasteiger partial charge is 0.236 e. The third-order valence-electron chi connectivity index (χ3n) is 3.78. The molecule has 1 unspecified atom stereocenters. The lowest BCUT2D eigenvalue weighted by molar-refractivity contribution is -0.126. The molecule has 0 radical (unpaired) electrons. The van der Waals surface area contributed by atoms with Crippen molar-refractivity contribution in [1.82, 2.24) is 15.0 Å². The van der Waals surface area contributed by atoms with E-state index in [-0.39, 0.29) is 11.2 Å². The van der Waals surface area contributed by atoms with E-state index in [2.05, 4.69) is 22.3 Å². The van der Waals surface area contributed by atoms with E-state index in [1.165, 1.54) is 5.56 Å². The van der Waals surface area contributed by atoms with Crippen molar-refractivity contribution in [2.45, 2.75) is 30.3 Å². The molecule has 0 aliphatic carbocycles. The molecule has 1 fully saturated rings. The van der Waals surface area contributed by atoms with Gasteiger partial charge < -0.3 is 9.42 Å². The molecule has 3 rings (SSSR count). The van der Waals surface area contributed by atoms with Crippen molar-refractivity contribution < 1.29 is 9.32 Å². The fraction of sp³-hybridized carbons (Fsp3) is 0.438. The van der Waals surface area contributed by atoms with Crippen molar-refractivity contribution in [3.05, 3.63) is 47.6 Å². The zero-order chi connectivity index (χ0) is 15.4. The van der Waals surface area contributed by atoms with E-state index in [1.807, 2.05) is 25.2 Å². The van der Waals surface area contributed by atoms with Gasteiger partial charge in [-0.1, -0.05) is 35.5 Å². The molecule has 6 heteroatoms. The number of nitrogens with zero attached hydrogens (tertiary/aromatic N) is 3. The third kappa shape index (κ3) is 3.68. The average molecular weight is 317 g/mol. The van der Waals surface area contributed by atoms with Crippen molar-refractivity contribution >= 4 is 17.7 Å². The maximum Gasteiger partial charge on any atom is 0.236 e. The molecule has 0 spiro atoms. The Kier molecular flexibility index (Phi) is 4.77. The first-order chi connectivity index (χ1) is 10.7. The van der Waals surface area contributed by atoms with E-state index in [0.717, 1.165) is 31.6 Å². The summed E-state index contributed by atoms with van der Waals surface area (Å²) >= 11 is 1.59. The van der Waals surface area contributed by atoms with Gasteiger partial charge in [-0.15, -0.1) is 11.8 Å². The molecule has 22 heavy (non-hydrogen) atoms. The highest BCUT2D eigenvalue weighted by atomic mass is 32.2. The first kappa shape index (κ1) is 15.1. The van der Waals surface area contributed by atoms with Crippen molar-refractivity contribution in [2.24, 2.45) is 0 Å². The number of carbonyl (C=O) groups is 1. The second-order valence-electron chi connectivity index (χ2n) is 5.44. The first-order valence-electron chi connectivity index (χ1n) is 7.44. The Morgan fingerprint density at radius 3 is 2.86 bits per heavy atom. The third-order valence-corrected chi connectivity index (χ3v) is 5.03. The summed E-state index contributed by atoms with van der Waals surface area (Å²) < 4.78 is 5.27. The molecule has 2 heterocycles. The highest BCUT2D eigenvalue weighted by Gasteiger charge is 2.29. The Morgan fingerprint density at radius 2 is 2.14 bits per heavy atom.